The van der Waals surface area contributed by atoms with Crippen molar-refractivity contribution in [2.75, 3.05) is 31.6 Å². The second-order valence-corrected chi connectivity index (χ2v) is 8.27. The molecule has 0 aromatic heterocycles. The summed E-state index contributed by atoms with van der Waals surface area (Å²) >= 11 is 3.66. The molecule has 0 spiro atoms. The fourth-order valence-electron chi connectivity index (χ4n) is 3.90. The second-order valence-electron chi connectivity index (χ2n) is 7.42. The maximum atomic E-state index is 5.80. The van der Waals surface area contributed by atoms with Crippen molar-refractivity contribution in [2.45, 2.75) is 25.3 Å². The number of anilines is 1. The first-order chi connectivity index (χ1) is 13.8. The van der Waals surface area contributed by atoms with E-state index in [0.29, 0.717) is 6.04 Å². The van der Waals surface area contributed by atoms with Gasteiger partial charge >= 0.3 is 0 Å². The Hall–Kier alpha value is -1.46. The molecule has 3 nitrogen and oxygen atoms in total. The van der Waals surface area contributed by atoms with Gasteiger partial charge in [-0.2, -0.15) is 0 Å². The molecule has 0 amide bonds. The number of hydrogen-bond acceptors (Lipinski definition) is 3. The minimum absolute atomic E-state index is 0. The third kappa shape index (κ3) is 6.52. The van der Waals surface area contributed by atoms with Crippen LogP contribution < -0.4 is 10.1 Å². The zero-order valence-electron chi connectivity index (χ0n) is 16.9. The Bertz CT molecular complexity index is 902. The summed E-state index contributed by atoms with van der Waals surface area (Å²) in [5, 5.41) is 6.34. The average Bonchev–Trinajstić information content (AvgIpc) is 2.75. The molecule has 1 aliphatic heterocycles. The molecule has 1 N–H and O–H groups in total. The monoisotopic (exact) mass is 510 g/mol. The number of rotatable bonds is 7. The number of nitrogens with one attached hydrogen (secondary N) is 1. The normalized spacial score (nSPS) is 14.6. The maximum Gasteiger partial charge on any atom is 0.119 e. The van der Waals surface area contributed by atoms with Crippen molar-refractivity contribution >= 4 is 57.2 Å². The summed E-state index contributed by atoms with van der Waals surface area (Å²) in [5.74, 6) is 0.965. The zero-order chi connectivity index (χ0) is 19.2. The highest BCUT2D eigenvalue weighted by molar-refractivity contribution is 9.10. The molecule has 1 saturated heterocycles. The van der Waals surface area contributed by atoms with Gasteiger partial charge in [0, 0.05) is 41.2 Å². The van der Waals surface area contributed by atoms with E-state index >= 15 is 0 Å². The molecule has 4 rings (SSSR count). The number of hydrogen-bond donors (Lipinski definition) is 1. The van der Waals surface area contributed by atoms with Crippen molar-refractivity contribution in [3.05, 3.63) is 71.2 Å². The van der Waals surface area contributed by atoms with Crippen LogP contribution in [0.4, 0.5) is 5.69 Å². The van der Waals surface area contributed by atoms with Gasteiger partial charge in [-0.05, 0) is 48.9 Å². The summed E-state index contributed by atoms with van der Waals surface area (Å²) in [6.45, 7) is 4.20. The molecular weight excluding hydrogens is 483 g/mol. The smallest absolute Gasteiger partial charge is 0.119 e. The van der Waals surface area contributed by atoms with Gasteiger partial charge in [0.15, 0.2) is 0 Å². The van der Waals surface area contributed by atoms with Crippen molar-refractivity contribution in [2.24, 2.45) is 0 Å². The van der Waals surface area contributed by atoms with E-state index in [2.05, 4.69) is 62.5 Å². The standard InChI is InChI=1S/C24H27BrN2O.2ClH/c25-23-11-12-24(22-10-5-4-9-21(22)23)26-19-13-16-27(17-14-19)15-6-18-28-20-7-2-1-3-8-20;;/h1-5,7-12,19,26H,6,13-18H2;2*1H. The van der Waals surface area contributed by atoms with Crippen LogP contribution in [0, 0.1) is 0 Å². The van der Waals surface area contributed by atoms with Crippen LogP contribution in [-0.2, 0) is 0 Å². The van der Waals surface area contributed by atoms with E-state index in [1.807, 2.05) is 30.3 Å². The molecule has 1 heterocycles. The van der Waals surface area contributed by atoms with Crippen molar-refractivity contribution in [1.29, 1.82) is 0 Å². The lowest BCUT2D eigenvalue weighted by Crippen LogP contribution is -2.39. The Morgan fingerprint density at radius 1 is 0.867 bits per heavy atom. The summed E-state index contributed by atoms with van der Waals surface area (Å²) in [6.07, 6.45) is 3.44. The van der Waals surface area contributed by atoms with Gasteiger partial charge in [-0.25, -0.2) is 0 Å². The second kappa shape index (κ2) is 12.4. The molecule has 162 valence electrons. The van der Waals surface area contributed by atoms with Gasteiger partial charge in [-0.1, -0.05) is 58.4 Å². The van der Waals surface area contributed by atoms with E-state index in [9.17, 15) is 0 Å². The maximum absolute atomic E-state index is 5.80. The van der Waals surface area contributed by atoms with Gasteiger partial charge in [-0.3, -0.25) is 0 Å². The number of piperidine rings is 1. The third-order valence-electron chi connectivity index (χ3n) is 5.45. The van der Waals surface area contributed by atoms with E-state index in [-0.39, 0.29) is 24.8 Å². The van der Waals surface area contributed by atoms with Crippen LogP contribution in [0.5, 0.6) is 5.75 Å². The predicted molar refractivity (Wildman–Crippen MR) is 136 cm³/mol. The van der Waals surface area contributed by atoms with Crippen molar-refractivity contribution < 1.29 is 4.74 Å². The van der Waals surface area contributed by atoms with Gasteiger partial charge in [-0.15, -0.1) is 24.8 Å². The highest BCUT2D eigenvalue weighted by atomic mass is 79.9. The zero-order valence-corrected chi connectivity index (χ0v) is 20.1. The van der Waals surface area contributed by atoms with Crippen LogP contribution in [-0.4, -0.2) is 37.2 Å². The van der Waals surface area contributed by atoms with E-state index in [1.54, 1.807) is 0 Å². The third-order valence-corrected chi connectivity index (χ3v) is 6.14. The van der Waals surface area contributed by atoms with Gasteiger partial charge < -0.3 is 15.0 Å². The first-order valence-electron chi connectivity index (χ1n) is 10.1. The molecule has 30 heavy (non-hydrogen) atoms. The Morgan fingerprint density at radius 2 is 1.53 bits per heavy atom. The lowest BCUT2D eigenvalue weighted by atomic mass is 10.0. The topological polar surface area (TPSA) is 24.5 Å². The number of fused-ring (bicyclic) bond motifs is 1. The summed E-state index contributed by atoms with van der Waals surface area (Å²) in [4.78, 5) is 2.56. The summed E-state index contributed by atoms with van der Waals surface area (Å²) < 4.78 is 6.96. The van der Waals surface area contributed by atoms with Crippen LogP contribution >= 0.6 is 40.7 Å². The number of ether oxygens (including phenoxy) is 1. The molecule has 3 aromatic carbocycles. The number of nitrogens with zero attached hydrogens (tertiary/aromatic N) is 1. The van der Waals surface area contributed by atoms with E-state index in [0.717, 1.165) is 42.9 Å². The summed E-state index contributed by atoms with van der Waals surface area (Å²) in [6, 6.07) is 23.5. The van der Waals surface area contributed by atoms with Crippen molar-refractivity contribution in [1.82, 2.24) is 4.90 Å². The largest absolute Gasteiger partial charge is 0.494 e. The van der Waals surface area contributed by atoms with Gasteiger partial charge in [0.2, 0.25) is 0 Å². The van der Waals surface area contributed by atoms with Crippen LogP contribution in [0.1, 0.15) is 19.3 Å². The van der Waals surface area contributed by atoms with Crippen LogP contribution in [0.3, 0.4) is 0 Å². The lowest BCUT2D eigenvalue weighted by Gasteiger charge is -2.33. The highest BCUT2D eigenvalue weighted by Gasteiger charge is 2.19. The average molecular weight is 512 g/mol. The van der Waals surface area contributed by atoms with Crippen LogP contribution in [0.15, 0.2) is 71.2 Å². The molecule has 0 saturated carbocycles. The van der Waals surface area contributed by atoms with E-state index < -0.39 is 0 Å². The number of likely N-dealkylation sites (tertiary alicyclic amines) is 1. The molecule has 1 aliphatic rings. The molecule has 0 unspecified atom stereocenters. The summed E-state index contributed by atoms with van der Waals surface area (Å²) in [5.41, 5.74) is 1.24. The van der Waals surface area contributed by atoms with Crippen LogP contribution in [0.2, 0.25) is 0 Å². The van der Waals surface area contributed by atoms with E-state index in [1.165, 1.54) is 29.3 Å². The SMILES string of the molecule is Brc1ccc(NC2CCN(CCCOc3ccccc3)CC2)c2ccccc12.Cl.Cl. The molecule has 0 atom stereocenters. The molecule has 0 radical (unpaired) electrons. The molecule has 1 fully saturated rings. The first kappa shape index (κ1) is 24.8. The van der Waals surface area contributed by atoms with Gasteiger partial charge in [0.1, 0.15) is 5.75 Å². The minimum atomic E-state index is 0. The number of benzene rings is 3. The van der Waals surface area contributed by atoms with Crippen molar-refractivity contribution in [3.8, 4) is 5.75 Å². The number of halogens is 3. The van der Waals surface area contributed by atoms with Crippen molar-refractivity contribution in [3.63, 3.8) is 0 Å². The molecular formula is C24H29BrCl2N2O. The first-order valence-corrected chi connectivity index (χ1v) is 10.9. The summed E-state index contributed by atoms with van der Waals surface area (Å²) in [7, 11) is 0. The van der Waals surface area contributed by atoms with Gasteiger partial charge in [0.05, 0.1) is 6.61 Å². The Kier molecular flexibility index (Phi) is 10.3. The van der Waals surface area contributed by atoms with E-state index in [4.69, 9.17) is 4.74 Å². The van der Waals surface area contributed by atoms with Crippen LogP contribution in [0.25, 0.3) is 10.8 Å². The predicted octanol–water partition coefficient (Wildman–Crippen LogP) is 6.79. The fraction of sp³-hybridized carbons (Fsp3) is 0.333. The fourth-order valence-corrected chi connectivity index (χ4v) is 4.38. The Labute approximate surface area is 200 Å². The quantitative estimate of drug-likeness (QED) is 0.353. The van der Waals surface area contributed by atoms with Gasteiger partial charge in [0.25, 0.3) is 0 Å². The molecule has 0 aliphatic carbocycles. The highest BCUT2D eigenvalue weighted by Crippen LogP contribution is 2.31. The lowest BCUT2D eigenvalue weighted by molar-refractivity contribution is 0.198. The molecule has 6 heteroatoms. The molecule has 0 bridgehead atoms. The minimum Gasteiger partial charge on any atom is -0.494 e. The molecule has 3 aromatic rings. The number of para-hydroxylation sites is 1. The Morgan fingerprint density at radius 3 is 2.27 bits per heavy atom. The Balaban J connectivity index is 0.00000160.